The summed E-state index contributed by atoms with van der Waals surface area (Å²) in [5.41, 5.74) is 2.15. The molecule has 7 heteroatoms. The molecular formula is C26H34N4O3. The van der Waals surface area contributed by atoms with E-state index in [1.807, 2.05) is 30.3 Å². The highest BCUT2D eigenvalue weighted by atomic mass is 16.5. The summed E-state index contributed by atoms with van der Waals surface area (Å²) in [6.45, 7) is 6.87. The molecular weight excluding hydrogens is 416 g/mol. The van der Waals surface area contributed by atoms with Gasteiger partial charge in [-0.3, -0.25) is 9.69 Å². The highest BCUT2D eigenvalue weighted by molar-refractivity contribution is 5.75. The van der Waals surface area contributed by atoms with Crippen LogP contribution in [0.5, 0.6) is 5.75 Å². The Bertz CT molecular complexity index is 969. The van der Waals surface area contributed by atoms with Crippen molar-refractivity contribution in [3.05, 3.63) is 66.1 Å². The molecule has 0 saturated carbocycles. The number of carbonyl (C=O) groups is 1. The van der Waals surface area contributed by atoms with Gasteiger partial charge in [-0.15, -0.1) is 0 Å². The van der Waals surface area contributed by atoms with Crippen LogP contribution < -0.4 is 10.1 Å². The first-order valence-corrected chi connectivity index (χ1v) is 11.6. The van der Waals surface area contributed by atoms with Gasteiger partial charge in [-0.25, -0.2) is 0 Å². The number of nitrogens with one attached hydrogen (secondary N) is 1. The molecule has 0 aliphatic carbocycles. The van der Waals surface area contributed by atoms with Crippen LogP contribution in [0.25, 0.3) is 11.4 Å². The van der Waals surface area contributed by atoms with Crippen LogP contribution in [0, 0.1) is 0 Å². The minimum Gasteiger partial charge on any atom is -0.497 e. The van der Waals surface area contributed by atoms with Crippen LogP contribution >= 0.6 is 0 Å². The highest BCUT2D eigenvalue weighted by Crippen LogP contribution is 2.20. The van der Waals surface area contributed by atoms with Gasteiger partial charge in [0.1, 0.15) is 5.75 Å². The summed E-state index contributed by atoms with van der Waals surface area (Å²) in [5, 5.41) is 7.17. The normalized spacial score (nSPS) is 12.0. The maximum atomic E-state index is 12.5. The third-order valence-electron chi connectivity index (χ3n) is 5.79. The van der Waals surface area contributed by atoms with Crippen LogP contribution in [-0.4, -0.2) is 53.7 Å². The average Bonchev–Trinajstić information content (AvgIpc) is 3.32. The monoisotopic (exact) mass is 450 g/mol. The summed E-state index contributed by atoms with van der Waals surface area (Å²) in [6.07, 6.45) is 2.57. The molecule has 0 bridgehead atoms. The van der Waals surface area contributed by atoms with Crippen LogP contribution in [0.4, 0.5) is 0 Å². The minimum absolute atomic E-state index is 0.0510. The van der Waals surface area contributed by atoms with Crippen molar-refractivity contribution < 1.29 is 14.1 Å². The average molecular weight is 451 g/mol. The second-order valence-electron chi connectivity index (χ2n) is 7.96. The number of hydrogen-bond acceptors (Lipinski definition) is 6. The number of aryl methyl sites for hydroxylation is 1. The molecule has 3 aromatic rings. The SMILES string of the molecule is CCN(CC)C(CNC(=O)CCCc1nc(-c2ccc(OC)cc2)no1)Cc1ccccc1. The summed E-state index contributed by atoms with van der Waals surface area (Å²) < 4.78 is 10.5. The van der Waals surface area contributed by atoms with E-state index in [0.29, 0.717) is 37.5 Å². The van der Waals surface area contributed by atoms with Crippen LogP contribution in [0.3, 0.4) is 0 Å². The lowest BCUT2D eigenvalue weighted by molar-refractivity contribution is -0.121. The van der Waals surface area contributed by atoms with Crippen molar-refractivity contribution in [1.82, 2.24) is 20.4 Å². The fourth-order valence-corrected chi connectivity index (χ4v) is 3.89. The topological polar surface area (TPSA) is 80.5 Å². The fraction of sp³-hybridized carbons (Fsp3) is 0.423. The van der Waals surface area contributed by atoms with Gasteiger partial charge in [0.15, 0.2) is 0 Å². The van der Waals surface area contributed by atoms with Crippen LogP contribution in [-0.2, 0) is 17.6 Å². The molecule has 0 saturated heterocycles. The molecule has 2 aromatic carbocycles. The zero-order valence-corrected chi connectivity index (χ0v) is 19.8. The van der Waals surface area contributed by atoms with Gasteiger partial charge in [0.05, 0.1) is 7.11 Å². The van der Waals surface area contributed by atoms with E-state index in [1.54, 1.807) is 7.11 Å². The summed E-state index contributed by atoms with van der Waals surface area (Å²) in [4.78, 5) is 19.3. The van der Waals surface area contributed by atoms with Gasteiger partial charge in [-0.1, -0.05) is 49.3 Å². The van der Waals surface area contributed by atoms with Gasteiger partial charge in [0.25, 0.3) is 0 Å². The van der Waals surface area contributed by atoms with Gasteiger partial charge in [-0.05, 0) is 55.8 Å². The Labute approximate surface area is 196 Å². The molecule has 1 heterocycles. The van der Waals surface area contributed by atoms with E-state index in [4.69, 9.17) is 9.26 Å². The molecule has 1 unspecified atom stereocenters. The van der Waals surface area contributed by atoms with Crippen molar-refractivity contribution in [2.75, 3.05) is 26.7 Å². The zero-order valence-electron chi connectivity index (χ0n) is 19.8. The molecule has 7 nitrogen and oxygen atoms in total. The minimum atomic E-state index is 0.0510. The Balaban J connectivity index is 1.45. The summed E-state index contributed by atoms with van der Waals surface area (Å²) in [7, 11) is 1.63. The van der Waals surface area contributed by atoms with Crippen molar-refractivity contribution in [2.24, 2.45) is 0 Å². The standard InChI is InChI=1S/C26H34N4O3/c1-4-30(5-2)22(18-20-10-7-6-8-11-20)19-27-24(31)12-9-13-25-28-26(29-33-25)21-14-16-23(32-3)17-15-21/h6-8,10-11,14-17,22H,4-5,9,12-13,18-19H2,1-3H3,(H,27,31). The van der Waals surface area contributed by atoms with Crippen LogP contribution in [0.2, 0.25) is 0 Å². The Kier molecular flexibility index (Phi) is 9.44. The predicted octanol–water partition coefficient (Wildman–Crippen LogP) is 4.14. The first-order valence-electron chi connectivity index (χ1n) is 11.6. The van der Waals surface area contributed by atoms with E-state index in [0.717, 1.165) is 30.8 Å². The third kappa shape index (κ3) is 7.43. The number of aromatic nitrogens is 2. The number of likely N-dealkylation sites (N-methyl/N-ethyl adjacent to an activating group) is 1. The van der Waals surface area contributed by atoms with Gasteiger partial charge >= 0.3 is 0 Å². The third-order valence-corrected chi connectivity index (χ3v) is 5.79. The maximum Gasteiger partial charge on any atom is 0.226 e. The quantitative estimate of drug-likeness (QED) is 0.422. The van der Waals surface area contributed by atoms with Crippen LogP contribution in [0.1, 0.15) is 38.1 Å². The maximum absolute atomic E-state index is 12.5. The molecule has 0 spiro atoms. The zero-order chi connectivity index (χ0) is 23.5. The Hall–Kier alpha value is -3.19. The van der Waals surface area contributed by atoms with Crippen molar-refractivity contribution >= 4 is 5.91 Å². The largest absolute Gasteiger partial charge is 0.497 e. The second-order valence-corrected chi connectivity index (χ2v) is 7.96. The number of rotatable bonds is 13. The molecule has 176 valence electrons. The van der Waals surface area contributed by atoms with E-state index in [9.17, 15) is 4.79 Å². The molecule has 0 fully saturated rings. The number of amides is 1. The molecule has 0 aliphatic rings. The first kappa shape index (κ1) is 24.5. The van der Waals surface area contributed by atoms with E-state index < -0.39 is 0 Å². The number of ether oxygens (including phenoxy) is 1. The number of benzene rings is 2. The predicted molar refractivity (Wildman–Crippen MR) is 129 cm³/mol. The van der Waals surface area contributed by atoms with E-state index in [-0.39, 0.29) is 11.9 Å². The lowest BCUT2D eigenvalue weighted by Gasteiger charge is -2.30. The fourth-order valence-electron chi connectivity index (χ4n) is 3.89. The molecule has 33 heavy (non-hydrogen) atoms. The smallest absolute Gasteiger partial charge is 0.226 e. The first-order chi connectivity index (χ1) is 16.1. The lowest BCUT2D eigenvalue weighted by atomic mass is 10.0. The number of methoxy groups -OCH3 is 1. The molecule has 3 rings (SSSR count). The van der Waals surface area contributed by atoms with E-state index in [1.165, 1.54) is 5.56 Å². The summed E-state index contributed by atoms with van der Waals surface area (Å²) in [6, 6.07) is 18.2. The molecule has 1 atom stereocenters. The summed E-state index contributed by atoms with van der Waals surface area (Å²) in [5.74, 6) is 1.91. The van der Waals surface area contributed by atoms with Crippen molar-refractivity contribution in [1.29, 1.82) is 0 Å². The van der Waals surface area contributed by atoms with Gasteiger partial charge < -0.3 is 14.6 Å². The molecule has 0 aliphatic heterocycles. The Morgan fingerprint density at radius 3 is 2.48 bits per heavy atom. The molecule has 1 N–H and O–H groups in total. The second kappa shape index (κ2) is 12.7. The number of carbonyl (C=O) groups excluding carboxylic acids is 1. The van der Waals surface area contributed by atoms with Gasteiger partial charge in [-0.2, -0.15) is 4.98 Å². The van der Waals surface area contributed by atoms with Crippen LogP contribution in [0.15, 0.2) is 59.1 Å². The van der Waals surface area contributed by atoms with E-state index >= 15 is 0 Å². The van der Waals surface area contributed by atoms with Crippen molar-refractivity contribution in [2.45, 2.75) is 45.6 Å². The molecule has 1 amide bonds. The van der Waals surface area contributed by atoms with E-state index in [2.05, 4.69) is 58.5 Å². The van der Waals surface area contributed by atoms with Crippen molar-refractivity contribution in [3.63, 3.8) is 0 Å². The molecule has 1 aromatic heterocycles. The van der Waals surface area contributed by atoms with Gasteiger partial charge in [0.2, 0.25) is 17.6 Å². The Morgan fingerprint density at radius 2 is 1.82 bits per heavy atom. The summed E-state index contributed by atoms with van der Waals surface area (Å²) >= 11 is 0. The Morgan fingerprint density at radius 1 is 1.09 bits per heavy atom. The van der Waals surface area contributed by atoms with Crippen molar-refractivity contribution in [3.8, 4) is 17.1 Å². The number of nitrogens with zero attached hydrogens (tertiary/aromatic N) is 3. The number of hydrogen-bond donors (Lipinski definition) is 1. The molecule has 0 radical (unpaired) electrons. The lowest BCUT2D eigenvalue weighted by Crippen LogP contribution is -2.45. The van der Waals surface area contributed by atoms with Gasteiger partial charge in [0, 0.05) is 31.0 Å². The highest BCUT2D eigenvalue weighted by Gasteiger charge is 2.17.